The zero-order chi connectivity index (χ0) is 22.5. The summed E-state index contributed by atoms with van der Waals surface area (Å²) >= 11 is 0. The van der Waals surface area contributed by atoms with E-state index in [0.29, 0.717) is 41.1 Å². The van der Waals surface area contributed by atoms with E-state index in [-0.39, 0.29) is 11.5 Å². The fraction of sp³-hybridized carbons (Fsp3) is 0.292. The van der Waals surface area contributed by atoms with Gasteiger partial charge in [-0.2, -0.15) is 0 Å². The molecule has 3 N–H and O–H groups in total. The lowest BCUT2D eigenvalue weighted by Gasteiger charge is -2.20. The number of aromatic amines is 1. The molecule has 2 aromatic carbocycles. The third-order valence-electron chi connectivity index (χ3n) is 5.39. The maximum Gasteiger partial charge on any atom is 0.261 e. The number of amides is 2. The number of carbonyl (C=O) groups excluding carboxylic acids is 2. The van der Waals surface area contributed by atoms with Gasteiger partial charge in [0.25, 0.3) is 17.4 Å². The van der Waals surface area contributed by atoms with Gasteiger partial charge in [0.15, 0.2) is 0 Å². The molecule has 0 spiro atoms. The van der Waals surface area contributed by atoms with Crippen LogP contribution in [-0.2, 0) is 0 Å². The summed E-state index contributed by atoms with van der Waals surface area (Å²) in [7, 11) is 0. The number of benzene rings is 2. The molecule has 1 aromatic heterocycles. The summed E-state index contributed by atoms with van der Waals surface area (Å²) in [6.45, 7) is 5.50. The highest BCUT2D eigenvalue weighted by Gasteiger charge is 2.17. The highest BCUT2D eigenvalue weighted by molar-refractivity contribution is 6.06. The topological polar surface area (TPSA) is 104 Å². The van der Waals surface area contributed by atoms with Crippen LogP contribution in [0.5, 0.6) is 5.75 Å². The van der Waals surface area contributed by atoms with E-state index in [9.17, 15) is 14.4 Å². The fourth-order valence-electron chi connectivity index (χ4n) is 3.74. The first-order valence-electron chi connectivity index (χ1n) is 10.8. The van der Waals surface area contributed by atoms with Gasteiger partial charge in [-0.25, -0.2) is 0 Å². The van der Waals surface area contributed by atoms with Crippen molar-refractivity contribution in [2.24, 2.45) is 0 Å². The van der Waals surface area contributed by atoms with Gasteiger partial charge in [0.05, 0.1) is 6.61 Å². The number of fused-ring (bicyclic) bond motifs is 1. The van der Waals surface area contributed by atoms with E-state index >= 15 is 0 Å². The van der Waals surface area contributed by atoms with Crippen molar-refractivity contribution in [1.29, 1.82) is 0 Å². The molecule has 1 aliphatic rings. The number of H-pyrrole nitrogens is 1. The molecule has 0 radical (unpaired) electrons. The number of nitrogens with one attached hydrogen (secondary N) is 3. The Morgan fingerprint density at radius 3 is 2.66 bits per heavy atom. The summed E-state index contributed by atoms with van der Waals surface area (Å²) in [4.78, 5) is 42.4. The van der Waals surface area contributed by atoms with Gasteiger partial charge >= 0.3 is 0 Å². The van der Waals surface area contributed by atoms with Gasteiger partial charge in [0.2, 0.25) is 0 Å². The predicted octanol–water partition coefficient (Wildman–Crippen LogP) is 2.61. The third-order valence-corrected chi connectivity index (χ3v) is 5.39. The number of carbonyl (C=O) groups is 2. The zero-order valence-corrected chi connectivity index (χ0v) is 17.9. The van der Waals surface area contributed by atoms with Crippen LogP contribution in [0.2, 0.25) is 0 Å². The summed E-state index contributed by atoms with van der Waals surface area (Å²) < 4.78 is 5.49. The number of hydrogen-bond donors (Lipinski definition) is 3. The smallest absolute Gasteiger partial charge is 0.261 e. The number of ether oxygens (including phenoxy) is 1. The number of anilines is 1. The molecule has 166 valence electrons. The first-order valence-corrected chi connectivity index (χ1v) is 10.8. The zero-order valence-electron chi connectivity index (χ0n) is 17.9. The minimum absolute atomic E-state index is 0.00312. The molecule has 0 bridgehead atoms. The van der Waals surface area contributed by atoms with Crippen LogP contribution < -0.4 is 20.9 Å². The van der Waals surface area contributed by atoms with Crippen molar-refractivity contribution in [1.82, 2.24) is 15.2 Å². The van der Waals surface area contributed by atoms with E-state index in [4.69, 9.17) is 4.74 Å². The summed E-state index contributed by atoms with van der Waals surface area (Å²) in [6.07, 6.45) is 0.923. The molecule has 0 atom stereocenters. The van der Waals surface area contributed by atoms with E-state index in [1.165, 1.54) is 0 Å². The Morgan fingerprint density at radius 2 is 1.88 bits per heavy atom. The molecule has 0 unspecified atom stereocenters. The second-order valence-electron chi connectivity index (χ2n) is 7.62. The fourth-order valence-corrected chi connectivity index (χ4v) is 3.74. The van der Waals surface area contributed by atoms with Gasteiger partial charge in [-0.3, -0.25) is 14.4 Å². The molecule has 3 aromatic rings. The van der Waals surface area contributed by atoms with E-state index in [1.807, 2.05) is 11.8 Å². The van der Waals surface area contributed by atoms with Crippen LogP contribution >= 0.6 is 0 Å². The second-order valence-corrected chi connectivity index (χ2v) is 7.62. The molecular weight excluding hydrogens is 408 g/mol. The molecule has 1 fully saturated rings. The summed E-state index contributed by atoms with van der Waals surface area (Å²) in [6, 6.07) is 13.6. The summed E-state index contributed by atoms with van der Waals surface area (Å²) in [5.41, 5.74) is 1.23. The van der Waals surface area contributed by atoms with Crippen LogP contribution in [0.4, 0.5) is 5.69 Å². The van der Waals surface area contributed by atoms with Gasteiger partial charge in [-0.1, -0.05) is 0 Å². The van der Waals surface area contributed by atoms with Crippen molar-refractivity contribution in [3.8, 4) is 5.75 Å². The molecule has 4 rings (SSSR count). The molecule has 1 saturated heterocycles. The average Bonchev–Trinajstić information content (AvgIpc) is 3.09. The molecule has 0 aliphatic carbocycles. The maximum atomic E-state index is 12.7. The molecule has 2 amide bonds. The number of rotatable bonds is 5. The normalized spacial score (nSPS) is 14.1. The number of pyridine rings is 1. The standard InChI is InChI=1S/C24H26N4O4/c1-2-32-19-8-9-21-17(14-19)15-20(23(30)27-21)22(29)26-18-6-4-16(5-7-18)24(31)28-12-3-10-25-11-13-28/h4-9,14-15,25H,2-3,10-13H2,1H3,(H,26,29)(H,27,30). The lowest BCUT2D eigenvalue weighted by Crippen LogP contribution is -2.34. The first kappa shape index (κ1) is 21.6. The molecule has 8 nitrogen and oxygen atoms in total. The van der Waals surface area contributed by atoms with Crippen LogP contribution in [0.1, 0.15) is 34.1 Å². The first-order chi connectivity index (χ1) is 15.5. The van der Waals surface area contributed by atoms with Gasteiger partial charge in [-0.15, -0.1) is 0 Å². The van der Waals surface area contributed by atoms with E-state index < -0.39 is 11.5 Å². The molecule has 32 heavy (non-hydrogen) atoms. The number of hydrogen-bond acceptors (Lipinski definition) is 5. The SMILES string of the molecule is CCOc1ccc2[nH]c(=O)c(C(=O)Nc3ccc(C(=O)N4CCCNCC4)cc3)cc2c1. The monoisotopic (exact) mass is 434 g/mol. The van der Waals surface area contributed by atoms with Gasteiger partial charge in [-0.05, 0) is 68.4 Å². The molecule has 2 heterocycles. The minimum atomic E-state index is -0.521. The van der Waals surface area contributed by atoms with E-state index in [1.54, 1.807) is 48.5 Å². The Balaban J connectivity index is 1.49. The Bertz CT molecular complexity index is 1180. The van der Waals surface area contributed by atoms with Crippen LogP contribution in [-0.4, -0.2) is 54.5 Å². The number of aromatic nitrogens is 1. The Labute approximate surface area is 185 Å². The average molecular weight is 434 g/mol. The van der Waals surface area contributed by atoms with Crippen LogP contribution in [0.3, 0.4) is 0 Å². The number of nitrogens with zero attached hydrogens (tertiary/aromatic N) is 1. The highest BCUT2D eigenvalue weighted by Crippen LogP contribution is 2.20. The van der Waals surface area contributed by atoms with Crippen molar-refractivity contribution >= 4 is 28.4 Å². The predicted molar refractivity (Wildman–Crippen MR) is 124 cm³/mol. The van der Waals surface area contributed by atoms with Gasteiger partial charge < -0.3 is 25.3 Å². The lowest BCUT2D eigenvalue weighted by atomic mass is 10.1. The van der Waals surface area contributed by atoms with Crippen molar-refractivity contribution in [3.63, 3.8) is 0 Å². The second kappa shape index (κ2) is 9.65. The van der Waals surface area contributed by atoms with Gasteiger partial charge in [0.1, 0.15) is 11.3 Å². The van der Waals surface area contributed by atoms with Crippen LogP contribution in [0.25, 0.3) is 10.9 Å². The van der Waals surface area contributed by atoms with Crippen molar-refractivity contribution in [2.75, 3.05) is 38.1 Å². The quantitative estimate of drug-likeness (QED) is 0.573. The highest BCUT2D eigenvalue weighted by atomic mass is 16.5. The Morgan fingerprint density at radius 1 is 1.06 bits per heavy atom. The molecule has 0 saturated carbocycles. The minimum Gasteiger partial charge on any atom is -0.494 e. The van der Waals surface area contributed by atoms with Crippen molar-refractivity contribution in [2.45, 2.75) is 13.3 Å². The Hall–Kier alpha value is -3.65. The Kier molecular flexibility index (Phi) is 6.51. The largest absolute Gasteiger partial charge is 0.494 e. The van der Waals surface area contributed by atoms with Crippen LogP contribution in [0, 0.1) is 0 Å². The van der Waals surface area contributed by atoms with Crippen molar-refractivity contribution < 1.29 is 14.3 Å². The summed E-state index contributed by atoms with van der Waals surface area (Å²) in [5.74, 6) is 0.120. The summed E-state index contributed by atoms with van der Waals surface area (Å²) in [5, 5.41) is 6.71. The third kappa shape index (κ3) is 4.81. The maximum absolute atomic E-state index is 12.7. The molecule has 8 heteroatoms. The van der Waals surface area contributed by atoms with Gasteiger partial charge in [0, 0.05) is 41.8 Å². The molecule has 1 aliphatic heterocycles. The van der Waals surface area contributed by atoms with Crippen LogP contribution in [0.15, 0.2) is 53.3 Å². The van der Waals surface area contributed by atoms with E-state index in [2.05, 4.69) is 15.6 Å². The lowest BCUT2D eigenvalue weighted by molar-refractivity contribution is 0.0766. The van der Waals surface area contributed by atoms with Crippen molar-refractivity contribution in [3.05, 3.63) is 70.0 Å². The van der Waals surface area contributed by atoms with E-state index in [0.717, 1.165) is 26.1 Å². The molecular formula is C24H26N4O4.